The van der Waals surface area contributed by atoms with Gasteiger partial charge in [-0.2, -0.15) is 8.78 Å². The second-order valence-corrected chi connectivity index (χ2v) is 5.30. The molecule has 0 radical (unpaired) electrons. The van der Waals surface area contributed by atoms with Gasteiger partial charge < -0.3 is 13.9 Å². The molecule has 0 spiro atoms. The molecule has 0 saturated carbocycles. The van der Waals surface area contributed by atoms with Crippen molar-refractivity contribution < 1.29 is 27.5 Å². The first-order valence-corrected chi connectivity index (χ1v) is 7.22. The number of carbonyl (C=O) groups is 1. The average molecular weight is 353 g/mol. The Morgan fingerprint density at radius 2 is 1.92 bits per heavy atom. The molecule has 1 heterocycles. The van der Waals surface area contributed by atoms with E-state index in [-0.39, 0.29) is 22.8 Å². The van der Waals surface area contributed by atoms with Gasteiger partial charge in [0.25, 0.3) is 0 Å². The zero-order valence-electron chi connectivity index (χ0n) is 12.4. The zero-order chi connectivity index (χ0) is 17.3. The van der Waals surface area contributed by atoms with Gasteiger partial charge >= 0.3 is 6.61 Å². The van der Waals surface area contributed by atoms with E-state index in [2.05, 4.69) is 4.74 Å². The molecule has 1 aromatic heterocycles. The van der Waals surface area contributed by atoms with Gasteiger partial charge in [-0.25, -0.2) is 0 Å². The monoisotopic (exact) mass is 352 g/mol. The summed E-state index contributed by atoms with van der Waals surface area (Å²) < 4.78 is 39.5. The molecule has 0 bridgehead atoms. The van der Waals surface area contributed by atoms with Crippen LogP contribution in [0.25, 0.3) is 11.0 Å². The minimum atomic E-state index is -2.99. The maximum Gasteiger partial charge on any atom is 0.387 e. The molecule has 0 saturated heterocycles. The highest BCUT2D eigenvalue weighted by molar-refractivity contribution is 6.31. The molecule has 0 aliphatic heterocycles. The number of halogens is 3. The normalized spacial score (nSPS) is 11.0. The molecule has 4 nitrogen and oxygen atoms in total. The summed E-state index contributed by atoms with van der Waals surface area (Å²) >= 11 is 5.90. The van der Waals surface area contributed by atoms with Gasteiger partial charge in [0.15, 0.2) is 17.3 Å². The Labute approximate surface area is 140 Å². The number of ketones is 1. The van der Waals surface area contributed by atoms with Crippen LogP contribution in [0.2, 0.25) is 5.02 Å². The van der Waals surface area contributed by atoms with E-state index < -0.39 is 12.4 Å². The van der Waals surface area contributed by atoms with E-state index in [1.54, 1.807) is 24.3 Å². The Morgan fingerprint density at radius 3 is 2.62 bits per heavy atom. The molecule has 0 amide bonds. The molecule has 0 unspecified atom stereocenters. The van der Waals surface area contributed by atoms with Crippen molar-refractivity contribution in [3.63, 3.8) is 0 Å². The molecular weight excluding hydrogens is 342 g/mol. The summed E-state index contributed by atoms with van der Waals surface area (Å²) in [5, 5.41) is 1.22. The van der Waals surface area contributed by atoms with Crippen LogP contribution in [0.15, 0.2) is 46.9 Å². The Hall–Kier alpha value is -2.60. The molecule has 24 heavy (non-hydrogen) atoms. The second kappa shape index (κ2) is 6.49. The molecular formula is C17H11ClF2O4. The van der Waals surface area contributed by atoms with E-state index in [1.807, 2.05) is 0 Å². The number of carbonyl (C=O) groups excluding carboxylic acids is 1. The van der Waals surface area contributed by atoms with Crippen LogP contribution in [0.1, 0.15) is 16.1 Å². The van der Waals surface area contributed by atoms with Crippen LogP contribution >= 0.6 is 11.6 Å². The van der Waals surface area contributed by atoms with E-state index in [0.29, 0.717) is 16.0 Å². The lowest BCUT2D eigenvalue weighted by Crippen LogP contribution is -2.05. The molecule has 7 heteroatoms. The number of rotatable bonds is 5. The first kappa shape index (κ1) is 16.3. The van der Waals surface area contributed by atoms with Crippen LogP contribution in [-0.4, -0.2) is 19.5 Å². The molecule has 124 valence electrons. The second-order valence-electron chi connectivity index (χ2n) is 4.87. The number of hydrogen-bond acceptors (Lipinski definition) is 4. The number of alkyl halides is 2. The minimum absolute atomic E-state index is 0.0281. The van der Waals surface area contributed by atoms with Crippen molar-refractivity contribution in [3.05, 3.63) is 58.8 Å². The Balaban J connectivity index is 1.96. The topological polar surface area (TPSA) is 48.7 Å². The molecule has 0 fully saturated rings. The van der Waals surface area contributed by atoms with Crippen LogP contribution in [0.4, 0.5) is 8.78 Å². The average Bonchev–Trinajstić information content (AvgIpc) is 2.97. The third-order valence-corrected chi connectivity index (χ3v) is 3.58. The van der Waals surface area contributed by atoms with Crippen molar-refractivity contribution in [1.29, 1.82) is 0 Å². The van der Waals surface area contributed by atoms with Crippen LogP contribution in [-0.2, 0) is 0 Å². The van der Waals surface area contributed by atoms with E-state index in [9.17, 15) is 13.6 Å². The highest BCUT2D eigenvalue weighted by Crippen LogP contribution is 2.31. The number of benzene rings is 2. The molecule has 0 aliphatic rings. The summed E-state index contributed by atoms with van der Waals surface area (Å²) in [5.41, 5.74) is 0.742. The van der Waals surface area contributed by atoms with E-state index in [0.717, 1.165) is 0 Å². The van der Waals surface area contributed by atoms with Crippen LogP contribution in [0.5, 0.6) is 11.5 Å². The lowest BCUT2D eigenvalue weighted by atomic mass is 10.1. The van der Waals surface area contributed by atoms with Crippen LogP contribution < -0.4 is 9.47 Å². The van der Waals surface area contributed by atoms with Crippen molar-refractivity contribution in [2.45, 2.75) is 6.61 Å². The van der Waals surface area contributed by atoms with E-state index in [1.165, 1.54) is 25.3 Å². The number of methoxy groups -OCH3 is 1. The van der Waals surface area contributed by atoms with Crippen molar-refractivity contribution in [2.24, 2.45) is 0 Å². The van der Waals surface area contributed by atoms with Crippen molar-refractivity contribution in [2.75, 3.05) is 7.11 Å². The predicted octanol–water partition coefficient (Wildman–Crippen LogP) is 4.93. The van der Waals surface area contributed by atoms with Crippen LogP contribution in [0, 0.1) is 0 Å². The fourth-order valence-electron chi connectivity index (χ4n) is 2.27. The van der Waals surface area contributed by atoms with Gasteiger partial charge in [-0.3, -0.25) is 4.79 Å². The molecule has 3 rings (SSSR count). The van der Waals surface area contributed by atoms with Crippen LogP contribution in [0.3, 0.4) is 0 Å². The Morgan fingerprint density at radius 1 is 1.12 bits per heavy atom. The molecule has 2 aromatic carbocycles. The number of ether oxygens (including phenoxy) is 2. The first-order valence-electron chi connectivity index (χ1n) is 6.84. The van der Waals surface area contributed by atoms with Gasteiger partial charge in [-0.15, -0.1) is 0 Å². The van der Waals surface area contributed by atoms with E-state index in [4.69, 9.17) is 20.8 Å². The van der Waals surface area contributed by atoms with Crippen molar-refractivity contribution >= 4 is 28.4 Å². The molecule has 0 N–H and O–H groups in total. The summed E-state index contributed by atoms with van der Waals surface area (Å²) in [6.07, 6.45) is 0. The summed E-state index contributed by atoms with van der Waals surface area (Å²) in [4.78, 5) is 12.5. The standard InChI is InChI=1S/C17H11ClF2O4/c1-22-14-7-9(2-4-13(14)24-17(19)20)16(21)15-8-10-6-11(18)3-5-12(10)23-15/h2-8,17H,1H3. The SMILES string of the molecule is COc1cc(C(=O)c2cc3cc(Cl)ccc3o2)ccc1OC(F)F. The van der Waals surface area contributed by atoms with Gasteiger partial charge in [-0.1, -0.05) is 11.6 Å². The molecule has 0 atom stereocenters. The minimum Gasteiger partial charge on any atom is -0.493 e. The zero-order valence-corrected chi connectivity index (χ0v) is 13.1. The maximum atomic E-state index is 12.5. The fraction of sp³-hybridized carbons (Fsp3) is 0.118. The Bertz CT molecular complexity index is 905. The lowest BCUT2D eigenvalue weighted by Gasteiger charge is -2.10. The lowest BCUT2D eigenvalue weighted by molar-refractivity contribution is -0.0512. The summed E-state index contributed by atoms with van der Waals surface area (Å²) in [6.45, 7) is -2.99. The Kier molecular flexibility index (Phi) is 4.40. The molecule has 0 aliphatic carbocycles. The van der Waals surface area contributed by atoms with Crippen molar-refractivity contribution in [3.8, 4) is 11.5 Å². The summed E-state index contributed by atoms with van der Waals surface area (Å²) in [7, 11) is 1.30. The van der Waals surface area contributed by atoms with Crippen molar-refractivity contribution in [1.82, 2.24) is 0 Å². The molecule has 3 aromatic rings. The largest absolute Gasteiger partial charge is 0.493 e. The van der Waals surface area contributed by atoms with Gasteiger partial charge in [0.2, 0.25) is 5.78 Å². The first-order chi connectivity index (χ1) is 11.5. The summed E-state index contributed by atoms with van der Waals surface area (Å²) in [6, 6.07) is 10.5. The van der Waals surface area contributed by atoms with Gasteiger partial charge in [0, 0.05) is 16.0 Å². The summed E-state index contributed by atoms with van der Waals surface area (Å²) in [5.74, 6) is -0.429. The number of hydrogen-bond donors (Lipinski definition) is 0. The van der Waals surface area contributed by atoms with Gasteiger partial charge in [0.05, 0.1) is 7.11 Å². The van der Waals surface area contributed by atoms with Gasteiger partial charge in [0.1, 0.15) is 5.58 Å². The third-order valence-electron chi connectivity index (χ3n) is 3.34. The van der Waals surface area contributed by atoms with Gasteiger partial charge in [-0.05, 0) is 42.5 Å². The fourth-order valence-corrected chi connectivity index (χ4v) is 2.45. The number of furan rings is 1. The predicted molar refractivity (Wildman–Crippen MR) is 84.3 cm³/mol. The van der Waals surface area contributed by atoms with E-state index >= 15 is 0 Å². The number of fused-ring (bicyclic) bond motifs is 1. The highest BCUT2D eigenvalue weighted by Gasteiger charge is 2.18. The third kappa shape index (κ3) is 3.19. The maximum absolute atomic E-state index is 12.5. The highest BCUT2D eigenvalue weighted by atomic mass is 35.5. The smallest absolute Gasteiger partial charge is 0.387 e. The quantitative estimate of drug-likeness (QED) is 0.611.